The number of fused-ring (bicyclic) bond motifs is 2. The fourth-order valence-electron chi connectivity index (χ4n) is 2.88. The molecular weight excluding hydrogens is 280 g/mol. The van der Waals surface area contributed by atoms with Gasteiger partial charge in [0.1, 0.15) is 11.5 Å². The molecule has 2 aromatic rings. The number of rotatable bonds is 6. The minimum absolute atomic E-state index is 0.235. The Labute approximate surface area is 130 Å². The molecule has 0 heterocycles. The summed E-state index contributed by atoms with van der Waals surface area (Å²) in [5.41, 5.74) is 2.34. The Morgan fingerprint density at radius 3 is 1.64 bits per heavy atom. The number of hydrogen-bond donors (Lipinski definition) is 0. The summed E-state index contributed by atoms with van der Waals surface area (Å²) in [6.45, 7) is 0.469. The summed E-state index contributed by atoms with van der Waals surface area (Å²) < 4.78 is 21.9. The molecule has 0 aromatic heterocycles. The second kappa shape index (κ2) is 6.81. The predicted octanol–water partition coefficient (Wildman–Crippen LogP) is 3.46. The third-order valence-corrected chi connectivity index (χ3v) is 3.78. The molecule has 0 saturated heterocycles. The maximum atomic E-state index is 5.88. The molecule has 0 bridgehead atoms. The van der Waals surface area contributed by atoms with E-state index in [-0.39, 0.29) is 13.6 Å². The molecule has 0 saturated carbocycles. The molecule has 0 atom stereocenters. The smallest absolute Gasteiger partial charge is 0.188 e. The van der Waals surface area contributed by atoms with Gasteiger partial charge in [-0.2, -0.15) is 0 Å². The van der Waals surface area contributed by atoms with E-state index in [0.717, 1.165) is 35.1 Å². The van der Waals surface area contributed by atoms with E-state index in [2.05, 4.69) is 24.3 Å². The van der Waals surface area contributed by atoms with Crippen molar-refractivity contribution in [2.45, 2.75) is 12.8 Å². The van der Waals surface area contributed by atoms with Gasteiger partial charge in [-0.15, -0.1) is 0 Å². The molecule has 0 fully saturated rings. The van der Waals surface area contributed by atoms with Gasteiger partial charge in [-0.05, 0) is 12.8 Å². The van der Waals surface area contributed by atoms with Crippen LogP contribution in [0.2, 0.25) is 0 Å². The van der Waals surface area contributed by atoms with Gasteiger partial charge >= 0.3 is 0 Å². The number of allylic oxidation sites excluding steroid dienone is 2. The van der Waals surface area contributed by atoms with Crippen molar-refractivity contribution >= 4 is 10.8 Å². The number of benzene rings is 2. The molecule has 2 aromatic carbocycles. The quantitative estimate of drug-likeness (QED) is 0.605. The largest absolute Gasteiger partial charge is 0.467 e. The van der Waals surface area contributed by atoms with Crippen LogP contribution in [-0.4, -0.2) is 27.8 Å². The highest BCUT2D eigenvalue weighted by molar-refractivity contribution is 5.96. The maximum Gasteiger partial charge on any atom is 0.188 e. The Morgan fingerprint density at radius 1 is 0.773 bits per heavy atom. The summed E-state index contributed by atoms with van der Waals surface area (Å²) in [5, 5.41) is 2.08. The molecule has 0 radical (unpaired) electrons. The minimum atomic E-state index is 0.235. The Bertz CT molecular complexity index is 633. The number of ether oxygens (including phenoxy) is 4. The van der Waals surface area contributed by atoms with Gasteiger partial charge in [-0.3, -0.25) is 0 Å². The molecule has 1 aliphatic rings. The molecule has 0 spiro atoms. The zero-order valence-corrected chi connectivity index (χ0v) is 12.9. The van der Waals surface area contributed by atoms with Crippen LogP contribution in [0.4, 0.5) is 0 Å². The molecule has 116 valence electrons. The lowest BCUT2D eigenvalue weighted by molar-refractivity contribution is 0.0490. The second-order valence-electron chi connectivity index (χ2n) is 5.14. The normalized spacial score (nSPS) is 13.2. The Balaban J connectivity index is 2.21. The van der Waals surface area contributed by atoms with Crippen LogP contribution in [0.25, 0.3) is 10.8 Å². The van der Waals surface area contributed by atoms with Gasteiger partial charge in [-0.1, -0.05) is 36.4 Å². The summed E-state index contributed by atoms with van der Waals surface area (Å²) in [6.07, 6.45) is 6.00. The van der Waals surface area contributed by atoms with Crippen molar-refractivity contribution in [3.05, 3.63) is 47.5 Å². The lowest BCUT2D eigenvalue weighted by atomic mass is 9.91. The van der Waals surface area contributed by atoms with Crippen molar-refractivity contribution in [2.24, 2.45) is 0 Å². The van der Waals surface area contributed by atoms with E-state index < -0.39 is 0 Å². The van der Waals surface area contributed by atoms with Crippen LogP contribution in [0.1, 0.15) is 11.1 Å². The number of methoxy groups -OCH3 is 2. The first-order valence-corrected chi connectivity index (χ1v) is 7.31. The lowest BCUT2D eigenvalue weighted by Crippen LogP contribution is -2.10. The van der Waals surface area contributed by atoms with Crippen molar-refractivity contribution in [2.75, 3.05) is 27.8 Å². The van der Waals surface area contributed by atoms with Gasteiger partial charge in [0.15, 0.2) is 13.6 Å². The molecule has 1 aliphatic carbocycles. The van der Waals surface area contributed by atoms with Gasteiger partial charge in [0, 0.05) is 36.1 Å². The third kappa shape index (κ3) is 2.67. The molecule has 22 heavy (non-hydrogen) atoms. The predicted molar refractivity (Wildman–Crippen MR) is 85.5 cm³/mol. The van der Waals surface area contributed by atoms with Crippen LogP contribution >= 0.6 is 0 Å². The van der Waals surface area contributed by atoms with Crippen molar-refractivity contribution < 1.29 is 18.9 Å². The van der Waals surface area contributed by atoms with Crippen LogP contribution in [0.15, 0.2) is 36.4 Å². The zero-order valence-electron chi connectivity index (χ0n) is 12.9. The van der Waals surface area contributed by atoms with E-state index in [9.17, 15) is 0 Å². The van der Waals surface area contributed by atoms with Crippen LogP contribution in [0.5, 0.6) is 11.5 Å². The van der Waals surface area contributed by atoms with Gasteiger partial charge in [-0.25, -0.2) is 0 Å². The SMILES string of the molecule is COCOc1c2c(c(OCOC)c3ccccc13)CC=CC2. The molecule has 0 unspecified atom stereocenters. The average molecular weight is 300 g/mol. The van der Waals surface area contributed by atoms with Crippen molar-refractivity contribution in [3.8, 4) is 11.5 Å². The first-order chi connectivity index (χ1) is 10.9. The summed E-state index contributed by atoms with van der Waals surface area (Å²) in [4.78, 5) is 0. The Morgan fingerprint density at radius 2 is 1.23 bits per heavy atom. The highest BCUT2D eigenvalue weighted by Crippen LogP contribution is 2.43. The molecule has 0 aliphatic heterocycles. The van der Waals surface area contributed by atoms with Crippen molar-refractivity contribution in [3.63, 3.8) is 0 Å². The van der Waals surface area contributed by atoms with Crippen molar-refractivity contribution in [1.29, 1.82) is 0 Å². The molecule has 4 nitrogen and oxygen atoms in total. The monoisotopic (exact) mass is 300 g/mol. The van der Waals surface area contributed by atoms with Crippen LogP contribution < -0.4 is 9.47 Å². The molecule has 0 N–H and O–H groups in total. The maximum absolute atomic E-state index is 5.88. The van der Waals surface area contributed by atoms with Gasteiger partial charge in [0.05, 0.1) is 0 Å². The highest BCUT2D eigenvalue weighted by atomic mass is 16.7. The van der Waals surface area contributed by atoms with E-state index >= 15 is 0 Å². The highest BCUT2D eigenvalue weighted by Gasteiger charge is 2.21. The summed E-state index contributed by atoms with van der Waals surface area (Å²) >= 11 is 0. The molecular formula is C18H20O4. The Hall–Kier alpha value is -2.04. The number of hydrogen-bond acceptors (Lipinski definition) is 4. The average Bonchev–Trinajstić information content (AvgIpc) is 2.58. The Kier molecular flexibility index (Phi) is 4.61. The summed E-state index contributed by atoms with van der Waals surface area (Å²) in [7, 11) is 3.26. The second-order valence-corrected chi connectivity index (χ2v) is 5.14. The van der Waals surface area contributed by atoms with Gasteiger partial charge in [0.2, 0.25) is 0 Å². The fraction of sp³-hybridized carbons (Fsp3) is 0.333. The van der Waals surface area contributed by atoms with E-state index in [4.69, 9.17) is 18.9 Å². The summed E-state index contributed by atoms with van der Waals surface area (Å²) in [5.74, 6) is 1.78. The summed E-state index contributed by atoms with van der Waals surface area (Å²) in [6, 6.07) is 8.12. The first kappa shape index (κ1) is 14.9. The fourth-order valence-corrected chi connectivity index (χ4v) is 2.88. The lowest BCUT2D eigenvalue weighted by Gasteiger charge is -2.23. The van der Waals surface area contributed by atoms with E-state index in [1.54, 1.807) is 14.2 Å². The first-order valence-electron chi connectivity index (χ1n) is 7.31. The topological polar surface area (TPSA) is 36.9 Å². The van der Waals surface area contributed by atoms with Crippen LogP contribution in [0, 0.1) is 0 Å². The third-order valence-electron chi connectivity index (χ3n) is 3.78. The zero-order chi connectivity index (χ0) is 15.4. The van der Waals surface area contributed by atoms with Gasteiger partial charge in [0.25, 0.3) is 0 Å². The van der Waals surface area contributed by atoms with Gasteiger partial charge < -0.3 is 18.9 Å². The molecule has 3 rings (SSSR count). The molecule has 4 heteroatoms. The van der Waals surface area contributed by atoms with E-state index in [1.807, 2.05) is 12.1 Å². The minimum Gasteiger partial charge on any atom is -0.467 e. The van der Waals surface area contributed by atoms with E-state index in [1.165, 1.54) is 11.1 Å². The van der Waals surface area contributed by atoms with Crippen molar-refractivity contribution in [1.82, 2.24) is 0 Å². The standard InChI is InChI=1S/C18H20O4/c1-19-11-21-17-13-7-3-5-9-15(13)18(22-12-20-2)16-10-6-4-8-14(16)17/h3-7,9H,8,10-12H2,1-2H3. The van der Waals surface area contributed by atoms with Crippen LogP contribution in [0.3, 0.4) is 0 Å². The van der Waals surface area contributed by atoms with Crippen LogP contribution in [-0.2, 0) is 22.3 Å². The van der Waals surface area contributed by atoms with E-state index in [0.29, 0.717) is 0 Å². The molecule has 0 amide bonds.